The Morgan fingerprint density at radius 2 is 1.65 bits per heavy atom. The van der Waals surface area contributed by atoms with Crippen molar-refractivity contribution in [2.24, 2.45) is 5.73 Å². The molecule has 20 heavy (non-hydrogen) atoms. The van der Waals surface area contributed by atoms with Crippen LogP contribution in [0.3, 0.4) is 0 Å². The molecule has 5 heteroatoms. The maximum atomic E-state index is 13.0. The average molecular weight is 280 g/mol. The molecular formula is C15H15F3N2. The van der Waals surface area contributed by atoms with E-state index in [1.54, 1.807) is 18.0 Å². The number of halogens is 3. The minimum absolute atomic E-state index is 0.0997. The molecule has 0 saturated carbocycles. The summed E-state index contributed by atoms with van der Waals surface area (Å²) in [5, 5.41) is 0. The van der Waals surface area contributed by atoms with Gasteiger partial charge < -0.3 is 10.6 Å². The Labute approximate surface area is 115 Å². The molecule has 2 rings (SSSR count). The Bertz CT molecular complexity index is 579. The van der Waals surface area contributed by atoms with Crippen LogP contribution in [0.2, 0.25) is 0 Å². The highest BCUT2D eigenvalue weighted by molar-refractivity contribution is 5.63. The second-order valence-corrected chi connectivity index (χ2v) is 4.44. The van der Waals surface area contributed by atoms with Gasteiger partial charge in [-0.2, -0.15) is 13.2 Å². The fraction of sp³-hybridized carbons (Fsp3) is 0.200. The molecule has 0 aromatic heterocycles. The van der Waals surface area contributed by atoms with Gasteiger partial charge in [-0.1, -0.05) is 24.3 Å². The Morgan fingerprint density at radius 3 is 2.20 bits per heavy atom. The van der Waals surface area contributed by atoms with E-state index in [9.17, 15) is 13.2 Å². The zero-order valence-corrected chi connectivity index (χ0v) is 11.0. The zero-order valence-electron chi connectivity index (χ0n) is 11.0. The summed E-state index contributed by atoms with van der Waals surface area (Å²) in [4.78, 5) is 1.70. The fourth-order valence-corrected chi connectivity index (χ4v) is 2.02. The summed E-state index contributed by atoms with van der Waals surface area (Å²) in [7, 11) is 1.73. The van der Waals surface area contributed by atoms with E-state index < -0.39 is 11.7 Å². The molecule has 2 N–H and O–H groups in total. The summed E-state index contributed by atoms with van der Waals surface area (Å²) < 4.78 is 39.0. The van der Waals surface area contributed by atoms with Crippen LogP contribution in [-0.4, -0.2) is 7.05 Å². The van der Waals surface area contributed by atoms with Gasteiger partial charge in [0.05, 0.1) is 5.56 Å². The molecule has 0 aliphatic rings. The van der Waals surface area contributed by atoms with Gasteiger partial charge in [0, 0.05) is 25.0 Å². The van der Waals surface area contributed by atoms with Crippen LogP contribution in [0.4, 0.5) is 24.5 Å². The van der Waals surface area contributed by atoms with Crippen LogP contribution in [0.5, 0.6) is 0 Å². The molecular weight excluding hydrogens is 265 g/mol. The smallest absolute Gasteiger partial charge is 0.345 e. The van der Waals surface area contributed by atoms with E-state index in [2.05, 4.69) is 0 Å². The summed E-state index contributed by atoms with van der Waals surface area (Å²) in [5.74, 6) is 0. The van der Waals surface area contributed by atoms with E-state index in [0.717, 1.165) is 11.8 Å². The van der Waals surface area contributed by atoms with Crippen molar-refractivity contribution >= 4 is 11.4 Å². The first-order valence-electron chi connectivity index (χ1n) is 6.12. The van der Waals surface area contributed by atoms with Gasteiger partial charge in [-0.05, 0) is 29.8 Å². The van der Waals surface area contributed by atoms with Crippen LogP contribution in [-0.2, 0) is 12.7 Å². The molecule has 0 amide bonds. The minimum atomic E-state index is -4.40. The van der Waals surface area contributed by atoms with Gasteiger partial charge in [0.15, 0.2) is 0 Å². The lowest BCUT2D eigenvalue weighted by atomic mass is 10.1. The van der Waals surface area contributed by atoms with Crippen molar-refractivity contribution in [3.05, 3.63) is 59.7 Å². The second kappa shape index (κ2) is 5.54. The van der Waals surface area contributed by atoms with Crippen LogP contribution in [0.1, 0.15) is 11.1 Å². The van der Waals surface area contributed by atoms with Crippen molar-refractivity contribution in [1.82, 2.24) is 0 Å². The largest absolute Gasteiger partial charge is 0.416 e. The maximum Gasteiger partial charge on any atom is 0.416 e. The van der Waals surface area contributed by atoms with Crippen molar-refractivity contribution in [2.75, 3.05) is 11.9 Å². The number of rotatable bonds is 3. The molecule has 0 fully saturated rings. The zero-order chi connectivity index (χ0) is 14.8. The van der Waals surface area contributed by atoms with Gasteiger partial charge >= 0.3 is 6.18 Å². The number of alkyl halides is 3. The molecule has 106 valence electrons. The molecule has 0 bridgehead atoms. The predicted molar refractivity (Wildman–Crippen MR) is 73.8 cm³/mol. The molecule has 0 aliphatic carbocycles. The van der Waals surface area contributed by atoms with E-state index in [1.807, 2.05) is 30.3 Å². The standard InChI is InChI=1S/C15H15F3N2/c1-20(12-5-3-2-4-6-12)13-8-7-11(10-19)14(9-13)15(16,17)18/h2-9H,10,19H2,1H3. The van der Waals surface area contributed by atoms with Gasteiger partial charge in [0.1, 0.15) is 0 Å². The van der Waals surface area contributed by atoms with E-state index in [4.69, 9.17) is 5.73 Å². The monoisotopic (exact) mass is 280 g/mol. The van der Waals surface area contributed by atoms with Crippen LogP contribution < -0.4 is 10.6 Å². The molecule has 0 saturated heterocycles. The van der Waals surface area contributed by atoms with Crippen molar-refractivity contribution < 1.29 is 13.2 Å². The van der Waals surface area contributed by atoms with Gasteiger partial charge in [-0.15, -0.1) is 0 Å². The first kappa shape index (κ1) is 14.4. The molecule has 0 unspecified atom stereocenters. The summed E-state index contributed by atoms with van der Waals surface area (Å²) in [6.07, 6.45) is -4.40. The minimum Gasteiger partial charge on any atom is -0.345 e. The quantitative estimate of drug-likeness (QED) is 0.923. The third-order valence-electron chi connectivity index (χ3n) is 3.15. The van der Waals surface area contributed by atoms with Crippen LogP contribution >= 0.6 is 0 Å². The number of hydrogen-bond acceptors (Lipinski definition) is 2. The number of para-hydroxylation sites is 1. The predicted octanol–water partition coefficient (Wildman–Crippen LogP) is 3.93. The topological polar surface area (TPSA) is 29.3 Å². The SMILES string of the molecule is CN(c1ccccc1)c1ccc(CN)c(C(F)(F)F)c1. The van der Waals surface area contributed by atoms with Crippen molar-refractivity contribution in [3.8, 4) is 0 Å². The average Bonchev–Trinajstić information content (AvgIpc) is 2.46. The molecule has 2 nitrogen and oxygen atoms in total. The third-order valence-corrected chi connectivity index (χ3v) is 3.15. The van der Waals surface area contributed by atoms with Gasteiger partial charge in [0.25, 0.3) is 0 Å². The number of nitrogens with zero attached hydrogens (tertiary/aromatic N) is 1. The summed E-state index contributed by atoms with van der Waals surface area (Å²) >= 11 is 0. The van der Waals surface area contributed by atoms with Crippen molar-refractivity contribution in [2.45, 2.75) is 12.7 Å². The Morgan fingerprint density at radius 1 is 1.00 bits per heavy atom. The molecule has 0 atom stereocenters. The third kappa shape index (κ3) is 2.93. The Balaban J connectivity index is 2.44. The van der Waals surface area contributed by atoms with E-state index in [-0.39, 0.29) is 12.1 Å². The number of nitrogens with two attached hydrogens (primary N) is 1. The normalized spacial score (nSPS) is 11.4. The fourth-order valence-electron chi connectivity index (χ4n) is 2.02. The van der Waals surface area contributed by atoms with Gasteiger partial charge in [0.2, 0.25) is 0 Å². The Hall–Kier alpha value is -2.01. The highest BCUT2D eigenvalue weighted by Gasteiger charge is 2.33. The first-order valence-corrected chi connectivity index (χ1v) is 6.12. The maximum absolute atomic E-state index is 13.0. The molecule has 0 spiro atoms. The van der Waals surface area contributed by atoms with Crippen LogP contribution in [0, 0.1) is 0 Å². The van der Waals surface area contributed by atoms with Crippen LogP contribution in [0.15, 0.2) is 48.5 Å². The summed E-state index contributed by atoms with van der Waals surface area (Å²) in [6.45, 7) is -0.135. The molecule has 0 aliphatic heterocycles. The molecule has 0 heterocycles. The number of anilines is 2. The van der Waals surface area contributed by atoms with E-state index in [0.29, 0.717) is 5.69 Å². The van der Waals surface area contributed by atoms with E-state index in [1.165, 1.54) is 6.07 Å². The number of hydrogen-bond donors (Lipinski definition) is 1. The van der Waals surface area contributed by atoms with Gasteiger partial charge in [-0.25, -0.2) is 0 Å². The van der Waals surface area contributed by atoms with Crippen molar-refractivity contribution in [3.63, 3.8) is 0 Å². The first-order chi connectivity index (χ1) is 9.43. The lowest BCUT2D eigenvalue weighted by Crippen LogP contribution is -2.15. The summed E-state index contributed by atoms with van der Waals surface area (Å²) in [5.41, 5.74) is 6.08. The van der Waals surface area contributed by atoms with Crippen molar-refractivity contribution in [1.29, 1.82) is 0 Å². The molecule has 0 radical (unpaired) electrons. The lowest BCUT2D eigenvalue weighted by Gasteiger charge is -2.22. The molecule has 2 aromatic rings. The lowest BCUT2D eigenvalue weighted by molar-refractivity contribution is -0.138. The highest BCUT2D eigenvalue weighted by Crippen LogP contribution is 2.35. The Kier molecular flexibility index (Phi) is 3.99. The second-order valence-electron chi connectivity index (χ2n) is 4.44. The highest BCUT2D eigenvalue weighted by atomic mass is 19.4. The summed E-state index contributed by atoms with van der Waals surface area (Å²) in [6, 6.07) is 13.4. The van der Waals surface area contributed by atoms with Gasteiger partial charge in [-0.3, -0.25) is 0 Å². The number of benzene rings is 2. The molecule has 2 aromatic carbocycles. The van der Waals surface area contributed by atoms with E-state index >= 15 is 0 Å². The van der Waals surface area contributed by atoms with Crippen LogP contribution in [0.25, 0.3) is 0 Å².